The molecule has 0 amide bonds. The van der Waals surface area contributed by atoms with E-state index in [0.717, 1.165) is 35.2 Å². The van der Waals surface area contributed by atoms with Gasteiger partial charge in [-0.25, -0.2) is 9.97 Å². The highest BCUT2D eigenvalue weighted by Gasteiger charge is 2.10. The summed E-state index contributed by atoms with van der Waals surface area (Å²) in [6.45, 7) is 2.74. The lowest BCUT2D eigenvalue weighted by molar-refractivity contribution is 0.0975. The summed E-state index contributed by atoms with van der Waals surface area (Å²) in [6, 6.07) is 13.7. The first-order valence-corrected chi connectivity index (χ1v) is 8.78. The Kier molecular flexibility index (Phi) is 5.92. The van der Waals surface area contributed by atoms with Crippen LogP contribution in [0.4, 0.5) is 11.5 Å². The Hall–Kier alpha value is -2.79. The Bertz CT molecular complexity index is 891. The maximum absolute atomic E-state index is 12.4. The highest BCUT2D eigenvalue weighted by molar-refractivity contribution is 6.01. The van der Waals surface area contributed by atoms with Crippen molar-refractivity contribution in [1.29, 1.82) is 0 Å². The number of benzene rings is 2. The molecule has 0 fully saturated rings. The van der Waals surface area contributed by atoms with Gasteiger partial charge in [-0.2, -0.15) is 0 Å². The van der Waals surface area contributed by atoms with Crippen LogP contribution < -0.4 is 5.32 Å². The van der Waals surface area contributed by atoms with E-state index in [4.69, 9.17) is 4.74 Å². The molecular weight excluding hydrogens is 326 g/mol. The molecule has 3 rings (SSSR count). The topological polar surface area (TPSA) is 64.1 Å². The van der Waals surface area contributed by atoms with Gasteiger partial charge in [0.05, 0.1) is 5.52 Å². The van der Waals surface area contributed by atoms with Crippen molar-refractivity contribution in [3.8, 4) is 0 Å². The number of hydrogen-bond acceptors (Lipinski definition) is 5. The van der Waals surface area contributed by atoms with Gasteiger partial charge >= 0.3 is 0 Å². The molecule has 0 aliphatic rings. The summed E-state index contributed by atoms with van der Waals surface area (Å²) < 4.78 is 5.02. The van der Waals surface area contributed by atoms with Crippen molar-refractivity contribution >= 4 is 28.2 Å². The van der Waals surface area contributed by atoms with Gasteiger partial charge in [-0.05, 0) is 44.0 Å². The van der Waals surface area contributed by atoms with E-state index in [2.05, 4.69) is 22.2 Å². The number of methoxy groups -OCH3 is 1. The molecule has 0 radical (unpaired) electrons. The third kappa shape index (κ3) is 4.43. The minimum Gasteiger partial charge on any atom is -0.385 e. The number of aryl methyl sites for hydroxylation is 1. The van der Waals surface area contributed by atoms with E-state index in [1.807, 2.05) is 42.5 Å². The molecule has 0 unspecified atom stereocenters. The number of carbonyl (C=O) groups excluding carboxylic acids is 1. The zero-order valence-corrected chi connectivity index (χ0v) is 15.2. The minimum absolute atomic E-state index is 0.134. The van der Waals surface area contributed by atoms with E-state index in [-0.39, 0.29) is 5.78 Å². The van der Waals surface area contributed by atoms with Crippen LogP contribution in [0.2, 0.25) is 0 Å². The second-order valence-electron chi connectivity index (χ2n) is 6.32. The Morgan fingerprint density at radius 2 is 1.88 bits per heavy atom. The molecular formula is C21H23N3O2. The first-order valence-electron chi connectivity index (χ1n) is 8.78. The minimum atomic E-state index is 0.134. The Balaban J connectivity index is 1.78. The van der Waals surface area contributed by atoms with Gasteiger partial charge in [0.15, 0.2) is 5.78 Å². The number of anilines is 2. The highest BCUT2D eigenvalue weighted by atomic mass is 16.5. The van der Waals surface area contributed by atoms with Crippen LogP contribution in [-0.2, 0) is 4.74 Å². The number of nitrogens with zero attached hydrogens (tertiary/aromatic N) is 2. The van der Waals surface area contributed by atoms with Crippen molar-refractivity contribution in [2.24, 2.45) is 0 Å². The molecule has 5 heteroatoms. The number of ether oxygens (including phenoxy) is 1. The molecule has 0 atom stereocenters. The Morgan fingerprint density at radius 1 is 1.08 bits per heavy atom. The fourth-order valence-corrected chi connectivity index (χ4v) is 2.78. The van der Waals surface area contributed by atoms with E-state index in [0.29, 0.717) is 18.6 Å². The van der Waals surface area contributed by atoms with Gasteiger partial charge in [-0.15, -0.1) is 0 Å². The molecule has 0 saturated heterocycles. The van der Waals surface area contributed by atoms with Crippen LogP contribution in [-0.4, -0.2) is 29.5 Å². The van der Waals surface area contributed by atoms with Gasteiger partial charge in [0.2, 0.25) is 0 Å². The second kappa shape index (κ2) is 8.54. The molecule has 0 aliphatic carbocycles. The molecule has 1 N–H and O–H groups in total. The van der Waals surface area contributed by atoms with Crippen molar-refractivity contribution in [3.63, 3.8) is 0 Å². The average Bonchev–Trinajstić information content (AvgIpc) is 2.66. The summed E-state index contributed by atoms with van der Waals surface area (Å²) in [7, 11) is 1.67. The molecule has 1 aromatic heterocycles. The van der Waals surface area contributed by atoms with Crippen LogP contribution in [0, 0.1) is 6.92 Å². The standard InChI is InChI=1S/C21H23N3O2/c1-15-6-9-17(10-7-15)24-21-18-11-8-16(13-19(18)22-14-23-21)20(25)5-3-4-12-26-2/h6-11,13-14H,3-5,12H2,1-2H3,(H,22,23,24). The number of aromatic nitrogens is 2. The normalized spacial score (nSPS) is 10.8. The monoisotopic (exact) mass is 349 g/mol. The summed E-state index contributed by atoms with van der Waals surface area (Å²) in [6.07, 6.45) is 3.76. The maximum atomic E-state index is 12.4. The smallest absolute Gasteiger partial charge is 0.162 e. The van der Waals surface area contributed by atoms with Crippen molar-refractivity contribution in [2.75, 3.05) is 19.0 Å². The molecule has 3 aromatic rings. The molecule has 0 aliphatic heterocycles. The molecule has 0 bridgehead atoms. The number of nitrogens with one attached hydrogen (secondary N) is 1. The predicted octanol–water partition coefficient (Wildman–Crippen LogP) is 4.68. The number of rotatable bonds is 8. The zero-order valence-electron chi connectivity index (χ0n) is 15.2. The number of ketones is 1. The average molecular weight is 349 g/mol. The Labute approximate surface area is 153 Å². The van der Waals surface area contributed by atoms with Crippen LogP contribution in [0.3, 0.4) is 0 Å². The first-order chi connectivity index (χ1) is 12.7. The van der Waals surface area contributed by atoms with Crippen LogP contribution >= 0.6 is 0 Å². The molecule has 2 aromatic carbocycles. The number of carbonyl (C=O) groups is 1. The van der Waals surface area contributed by atoms with Gasteiger partial charge in [0, 0.05) is 36.8 Å². The van der Waals surface area contributed by atoms with E-state index in [1.165, 1.54) is 11.9 Å². The van der Waals surface area contributed by atoms with Gasteiger partial charge < -0.3 is 10.1 Å². The lowest BCUT2D eigenvalue weighted by Crippen LogP contribution is -2.01. The van der Waals surface area contributed by atoms with E-state index in [9.17, 15) is 4.79 Å². The van der Waals surface area contributed by atoms with Gasteiger partial charge in [-0.3, -0.25) is 4.79 Å². The summed E-state index contributed by atoms with van der Waals surface area (Å²) in [5.74, 6) is 0.868. The molecule has 0 spiro atoms. The zero-order chi connectivity index (χ0) is 18.4. The largest absolute Gasteiger partial charge is 0.385 e. The van der Waals surface area contributed by atoms with E-state index >= 15 is 0 Å². The van der Waals surface area contributed by atoms with Crippen LogP contribution in [0.5, 0.6) is 0 Å². The summed E-state index contributed by atoms with van der Waals surface area (Å²) in [4.78, 5) is 21.0. The third-order valence-corrected chi connectivity index (χ3v) is 4.28. The van der Waals surface area contributed by atoms with E-state index < -0.39 is 0 Å². The van der Waals surface area contributed by atoms with Crippen LogP contribution in [0.25, 0.3) is 10.9 Å². The molecule has 0 saturated carbocycles. The number of unbranched alkanes of at least 4 members (excludes halogenated alkanes) is 1. The van der Waals surface area contributed by atoms with Gasteiger partial charge in [0.25, 0.3) is 0 Å². The molecule has 5 nitrogen and oxygen atoms in total. The summed E-state index contributed by atoms with van der Waals surface area (Å²) in [5.41, 5.74) is 3.62. The quantitative estimate of drug-likeness (QED) is 0.472. The maximum Gasteiger partial charge on any atom is 0.162 e. The van der Waals surface area contributed by atoms with Crippen molar-refractivity contribution in [1.82, 2.24) is 9.97 Å². The SMILES string of the molecule is COCCCCC(=O)c1ccc2c(Nc3ccc(C)cc3)ncnc2c1. The van der Waals surface area contributed by atoms with Crippen molar-refractivity contribution in [3.05, 3.63) is 59.9 Å². The lowest BCUT2D eigenvalue weighted by atomic mass is 10.0. The van der Waals surface area contributed by atoms with Crippen LogP contribution in [0.1, 0.15) is 35.2 Å². The molecule has 134 valence electrons. The van der Waals surface area contributed by atoms with Crippen LogP contribution in [0.15, 0.2) is 48.8 Å². The predicted molar refractivity (Wildman–Crippen MR) is 104 cm³/mol. The van der Waals surface area contributed by atoms with Crippen molar-refractivity contribution < 1.29 is 9.53 Å². The highest BCUT2D eigenvalue weighted by Crippen LogP contribution is 2.24. The van der Waals surface area contributed by atoms with Gasteiger partial charge in [-0.1, -0.05) is 23.8 Å². The van der Waals surface area contributed by atoms with E-state index in [1.54, 1.807) is 7.11 Å². The summed E-state index contributed by atoms with van der Waals surface area (Å²) in [5, 5.41) is 4.21. The van der Waals surface area contributed by atoms with Crippen molar-refractivity contribution in [2.45, 2.75) is 26.2 Å². The number of Topliss-reactive ketones (excluding diaryl/α,β-unsaturated/α-hetero) is 1. The third-order valence-electron chi connectivity index (χ3n) is 4.28. The Morgan fingerprint density at radius 3 is 2.65 bits per heavy atom. The fraction of sp³-hybridized carbons (Fsp3) is 0.286. The second-order valence-corrected chi connectivity index (χ2v) is 6.32. The number of fused-ring (bicyclic) bond motifs is 1. The first kappa shape index (κ1) is 18.0. The molecule has 1 heterocycles. The fourth-order valence-electron chi connectivity index (χ4n) is 2.78. The molecule has 26 heavy (non-hydrogen) atoms. The van der Waals surface area contributed by atoms with Gasteiger partial charge in [0.1, 0.15) is 12.1 Å². The lowest BCUT2D eigenvalue weighted by Gasteiger charge is -2.09. The number of hydrogen-bond donors (Lipinski definition) is 1. The summed E-state index contributed by atoms with van der Waals surface area (Å²) >= 11 is 0.